The second-order valence-electron chi connectivity index (χ2n) is 8.06. The Labute approximate surface area is 163 Å². The van der Waals surface area contributed by atoms with Crippen molar-refractivity contribution in [3.8, 4) is 5.75 Å². The minimum atomic E-state index is 0.827. The summed E-state index contributed by atoms with van der Waals surface area (Å²) in [5.41, 5.74) is 4.34. The molecule has 27 heavy (non-hydrogen) atoms. The SMILES string of the molecule is c1ccc(CN2CCCc3ccc(OCCC4CCNCC4)cc3C2)cc1. The highest BCUT2D eigenvalue weighted by molar-refractivity contribution is 5.36. The molecule has 0 amide bonds. The van der Waals surface area contributed by atoms with Crippen molar-refractivity contribution in [2.24, 2.45) is 5.92 Å². The van der Waals surface area contributed by atoms with Crippen molar-refractivity contribution < 1.29 is 4.74 Å². The minimum absolute atomic E-state index is 0.827. The molecule has 0 unspecified atom stereocenters. The van der Waals surface area contributed by atoms with E-state index in [1.807, 2.05) is 0 Å². The molecule has 144 valence electrons. The summed E-state index contributed by atoms with van der Waals surface area (Å²) in [6, 6.07) is 17.6. The molecule has 0 saturated carbocycles. The molecule has 0 aromatic heterocycles. The van der Waals surface area contributed by atoms with Gasteiger partial charge in [-0.3, -0.25) is 4.90 Å². The molecule has 0 spiro atoms. The summed E-state index contributed by atoms with van der Waals surface area (Å²) in [4.78, 5) is 2.57. The van der Waals surface area contributed by atoms with Crippen LogP contribution < -0.4 is 10.1 Å². The van der Waals surface area contributed by atoms with Crippen molar-refractivity contribution in [2.45, 2.75) is 45.2 Å². The molecule has 1 fully saturated rings. The highest BCUT2D eigenvalue weighted by atomic mass is 16.5. The first-order chi connectivity index (χ1) is 13.4. The second kappa shape index (κ2) is 9.38. The lowest BCUT2D eigenvalue weighted by molar-refractivity contribution is 0.249. The van der Waals surface area contributed by atoms with Gasteiger partial charge in [-0.05, 0) is 86.5 Å². The van der Waals surface area contributed by atoms with Gasteiger partial charge < -0.3 is 10.1 Å². The normalized spacial score (nSPS) is 18.7. The molecule has 2 aromatic carbocycles. The predicted molar refractivity (Wildman–Crippen MR) is 111 cm³/mol. The molecule has 2 aromatic rings. The maximum absolute atomic E-state index is 6.13. The van der Waals surface area contributed by atoms with Crippen LogP contribution in [-0.4, -0.2) is 31.1 Å². The molecule has 0 aliphatic carbocycles. The fraction of sp³-hybridized carbons (Fsp3) is 0.500. The van der Waals surface area contributed by atoms with Crippen molar-refractivity contribution in [2.75, 3.05) is 26.2 Å². The van der Waals surface area contributed by atoms with Crippen LogP contribution in [0.4, 0.5) is 0 Å². The van der Waals surface area contributed by atoms with Gasteiger partial charge in [0.2, 0.25) is 0 Å². The lowest BCUT2D eigenvalue weighted by Crippen LogP contribution is -2.28. The van der Waals surface area contributed by atoms with Gasteiger partial charge in [-0.2, -0.15) is 0 Å². The molecule has 0 radical (unpaired) electrons. The third kappa shape index (κ3) is 5.33. The van der Waals surface area contributed by atoms with E-state index < -0.39 is 0 Å². The molecule has 2 aliphatic heterocycles. The number of aryl methyl sites for hydroxylation is 1. The Morgan fingerprint density at radius 1 is 1.00 bits per heavy atom. The number of nitrogens with zero attached hydrogens (tertiary/aromatic N) is 1. The number of hydrogen-bond acceptors (Lipinski definition) is 3. The van der Waals surface area contributed by atoms with Crippen LogP contribution in [0.3, 0.4) is 0 Å². The van der Waals surface area contributed by atoms with Crippen molar-refractivity contribution in [3.05, 3.63) is 65.2 Å². The van der Waals surface area contributed by atoms with Crippen LogP contribution >= 0.6 is 0 Å². The Kier molecular flexibility index (Phi) is 6.44. The number of fused-ring (bicyclic) bond motifs is 1. The molecule has 3 heteroatoms. The number of benzene rings is 2. The van der Waals surface area contributed by atoms with E-state index in [0.717, 1.165) is 37.9 Å². The van der Waals surface area contributed by atoms with Crippen LogP contribution in [0.25, 0.3) is 0 Å². The minimum Gasteiger partial charge on any atom is -0.494 e. The zero-order chi connectivity index (χ0) is 18.3. The predicted octanol–water partition coefficient (Wildman–Crippen LogP) is 4.40. The quantitative estimate of drug-likeness (QED) is 0.822. The Hall–Kier alpha value is -1.84. The Bertz CT molecular complexity index is 710. The molecule has 4 rings (SSSR count). The number of rotatable bonds is 6. The Balaban J connectivity index is 1.35. The third-order valence-corrected chi connectivity index (χ3v) is 5.99. The second-order valence-corrected chi connectivity index (χ2v) is 8.06. The van der Waals surface area contributed by atoms with E-state index in [9.17, 15) is 0 Å². The molecule has 0 atom stereocenters. The van der Waals surface area contributed by atoms with E-state index in [4.69, 9.17) is 4.74 Å². The first-order valence-corrected chi connectivity index (χ1v) is 10.6. The zero-order valence-corrected chi connectivity index (χ0v) is 16.3. The van der Waals surface area contributed by atoms with Crippen molar-refractivity contribution in [1.82, 2.24) is 10.2 Å². The maximum atomic E-state index is 6.13. The lowest BCUT2D eigenvalue weighted by atomic mass is 9.95. The summed E-state index contributed by atoms with van der Waals surface area (Å²) < 4.78 is 6.13. The third-order valence-electron chi connectivity index (χ3n) is 5.99. The molecule has 1 saturated heterocycles. The number of piperidine rings is 1. The molecule has 2 aliphatic rings. The summed E-state index contributed by atoms with van der Waals surface area (Å²) in [5, 5.41) is 3.44. The van der Waals surface area contributed by atoms with Crippen molar-refractivity contribution in [1.29, 1.82) is 0 Å². The monoisotopic (exact) mass is 364 g/mol. The van der Waals surface area contributed by atoms with E-state index in [1.165, 1.54) is 61.9 Å². The summed E-state index contributed by atoms with van der Waals surface area (Å²) in [7, 11) is 0. The average molecular weight is 365 g/mol. The van der Waals surface area contributed by atoms with Crippen molar-refractivity contribution in [3.63, 3.8) is 0 Å². The van der Waals surface area contributed by atoms with Crippen molar-refractivity contribution >= 4 is 0 Å². The van der Waals surface area contributed by atoms with Gasteiger partial charge in [0, 0.05) is 13.1 Å². The average Bonchev–Trinajstić information content (AvgIpc) is 2.91. The number of ether oxygens (including phenoxy) is 1. The standard InChI is InChI=1S/C24H32N2O/c1-2-5-21(6-3-1)18-26-15-4-7-22-8-9-24(17-23(22)19-26)27-16-12-20-10-13-25-14-11-20/h1-3,5-6,8-9,17,20,25H,4,7,10-16,18-19H2. The first-order valence-electron chi connectivity index (χ1n) is 10.6. The fourth-order valence-electron chi connectivity index (χ4n) is 4.39. The Morgan fingerprint density at radius 2 is 1.85 bits per heavy atom. The smallest absolute Gasteiger partial charge is 0.119 e. The van der Waals surface area contributed by atoms with E-state index >= 15 is 0 Å². The molecular formula is C24H32N2O. The molecule has 1 N–H and O–H groups in total. The summed E-state index contributed by atoms with van der Waals surface area (Å²) >= 11 is 0. The highest BCUT2D eigenvalue weighted by Crippen LogP contribution is 2.25. The van der Waals surface area contributed by atoms with Gasteiger partial charge in [-0.1, -0.05) is 36.4 Å². The summed E-state index contributed by atoms with van der Waals surface area (Å²) in [6.07, 6.45) is 6.18. The van der Waals surface area contributed by atoms with Gasteiger partial charge in [-0.25, -0.2) is 0 Å². The van der Waals surface area contributed by atoms with E-state index in [-0.39, 0.29) is 0 Å². The van der Waals surface area contributed by atoms with E-state index in [0.29, 0.717) is 0 Å². The van der Waals surface area contributed by atoms with Gasteiger partial charge >= 0.3 is 0 Å². The first kappa shape index (κ1) is 18.5. The molecule has 3 nitrogen and oxygen atoms in total. The molecule has 2 heterocycles. The molecular weight excluding hydrogens is 332 g/mol. The van der Waals surface area contributed by atoms with E-state index in [2.05, 4.69) is 58.7 Å². The largest absolute Gasteiger partial charge is 0.494 e. The van der Waals surface area contributed by atoms with Crippen LogP contribution in [0, 0.1) is 5.92 Å². The van der Waals surface area contributed by atoms with Crippen LogP contribution in [-0.2, 0) is 19.5 Å². The summed E-state index contributed by atoms with van der Waals surface area (Å²) in [5.74, 6) is 1.87. The van der Waals surface area contributed by atoms with Gasteiger partial charge in [-0.15, -0.1) is 0 Å². The topological polar surface area (TPSA) is 24.5 Å². The van der Waals surface area contributed by atoms with Gasteiger partial charge in [0.1, 0.15) is 5.75 Å². The highest BCUT2D eigenvalue weighted by Gasteiger charge is 2.16. The molecule has 0 bridgehead atoms. The zero-order valence-electron chi connectivity index (χ0n) is 16.3. The van der Waals surface area contributed by atoms with Crippen LogP contribution in [0.15, 0.2) is 48.5 Å². The fourth-order valence-corrected chi connectivity index (χ4v) is 4.39. The van der Waals surface area contributed by atoms with Crippen LogP contribution in [0.1, 0.15) is 42.4 Å². The van der Waals surface area contributed by atoms with Gasteiger partial charge in [0.05, 0.1) is 6.61 Å². The van der Waals surface area contributed by atoms with Gasteiger partial charge in [0.25, 0.3) is 0 Å². The lowest BCUT2D eigenvalue weighted by Gasteiger charge is -2.23. The van der Waals surface area contributed by atoms with Gasteiger partial charge in [0.15, 0.2) is 0 Å². The van der Waals surface area contributed by atoms with E-state index in [1.54, 1.807) is 0 Å². The number of hydrogen-bond donors (Lipinski definition) is 1. The maximum Gasteiger partial charge on any atom is 0.119 e. The summed E-state index contributed by atoms with van der Waals surface area (Å²) in [6.45, 7) is 6.39. The Morgan fingerprint density at radius 3 is 2.70 bits per heavy atom. The van der Waals surface area contributed by atoms with Crippen LogP contribution in [0.2, 0.25) is 0 Å². The van der Waals surface area contributed by atoms with Crippen LogP contribution in [0.5, 0.6) is 5.75 Å². The number of nitrogens with one attached hydrogen (secondary N) is 1.